The molecule has 0 aromatic heterocycles. The molecule has 5 nitrogen and oxygen atoms in total. The highest BCUT2D eigenvalue weighted by Crippen LogP contribution is 2.27. The Morgan fingerprint density at radius 3 is 2.50 bits per heavy atom. The van der Waals surface area contributed by atoms with Gasteiger partial charge in [-0.25, -0.2) is 0 Å². The fourth-order valence-corrected chi connectivity index (χ4v) is 2.23. The third kappa shape index (κ3) is 2.98. The minimum atomic E-state index is -0.359. The third-order valence-corrected chi connectivity index (χ3v) is 3.25. The average molecular weight is 293 g/mol. The molecular formula is C17H15N3O2. The summed E-state index contributed by atoms with van der Waals surface area (Å²) < 4.78 is 0. The first-order chi connectivity index (χ1) is 10.6. The van der Waals surface area contributed by atoms with Crippen molar-refractivity contribution in [1.82, 2.24) is 0 Å². The topological polar surface area (TPSA) is 70.2 Å². The number of benzene rings is 2. The van der Waals surface area contributed by atoms with Gasteiger partial charge in [0, 0.05) is 11.8 Å². The van der Waals surface area contributed by atoms with Gasteiger partial charge in [0.1, 0.15) is 5.70 Å². The predicted octanol–water partition coefficient (Wildman–Crippen LogP) is 2.88. The number of aryl methyl sites for hydroxylation is 1. The van der Waals surface area contributed by atoms with E-state index in [2.05, 4.69) is 16.0 Å². The van der Waals surface area contributed by atoms with Gasteiger partial charge in [-0.3, -0.25) is 9.59 Å². The smallest absolute Gasteiger partial charge is 0.272 e. The van der Waals surface area contributed by atoms with Crippen molar-refractivity contribution in [2.45, 2.75) is 6.92 Å². The molecule has 0 saturated carbocycles. The van der Waals surface area contributed by atoms with Crippen LogP contribution in [0, 0.1) is 6.92 Å². The Hall–Kier alpha value is -3.08. The van der Waals surface area contributed by atoms with E-state index in [9.17, 15) is 9.59 Å². The average Bonchev–Trinajstić information content (AvgIpc) is 2.48. The van der Waals surface area contributed by atoms with Gasteiger partial charge in [0.15, 0.2) is 0 Å². The number of hydrogen-bond acceptors (Lipinski definition) is 3. The fourth-order valence-electron chi connectivity index (χ4n) is 2.23. The number of nitrogens with one attached hydrogen (secondary N) is 3. The van der Waals surface area contributed by atoms with E-state index in [4.69, 9.17) is 0 Å². The second-order valence-corrected chi connectivity index (χ2v) is 5.04. The standard InChI is InChI=1S/C17H15N3O2/c1-11-5-4-6-12(9-11)18-16(21)10-15-17(22)20-14-8-3-2-7-13(14)19-15/h2-10,19H,1H3,(H,18,21)(H,20,22)/b15-10-. The first kappa shape index (κ1) is 13.9. The molecule has 5 heteroatoms. The normalized spacial score (nSPS) is 14.8. The zero-order valence-corrected chi connectivity index (χ0v) is 12.0. The Morgan fingerprint density at radius 2 is 1.77 bits per heavy atom. The zero-order valence-electron chi connectivity index (χ0n) is 12.0. The van der Waals surface area contributed by atoms with Crippen molar-refractivity contribution in [3.05, 3.63) is 65.9 Å². The van der Waals surface area contributed by atoms with Crippen LogP contribution in [-0.4, -0.2) is 11.8 Å². The SMILES string of the molecule is Cc1cccc(NC(=O)/C=C2\Nc3ccccc3NC2=O)c1. The molecule has 0 fully saturated rings. The molecule has 0 saturated heterocycles. The van der Waals surface area contributed by atoms with E-state index < -0.39 is 0 Å². The number of para-hydroxylation sites is 2. The molecule has 110 valence electrons. The molecule has 3 rings (SSSR count). The molecule has 0 aliphatic carbocycles. The van der Waals surface area contributed by atoms with Gasteiger partial charge in [-0.1, -0.05) is 24.3 Å². The summed E-state index contributed by atoms with van der Waals surface area (Å²) in [4.78, 5) is 24.0. The molecule has 0 radical (unpaired) electrons. The second-order valence-electron chi connectivity index (χ2n) is 5.04. The van der Waals surface area contributed by atoms with E-state index in [1.165, 1.54) is 6.08 Å². The highest BCUT2D eigenvalue weighted by molar-refractivity contribution is 6.15. The van der Waals surface area contributed by atoms with Gasteiger partial charge in [-0.15, -0.1) is 0 Å². The largest absolute Gasteiger partial charge is 0.349 e. The van der Waals surface area contributed by atoms with Crippen LogP contribution in [0.3, 0.4) is 0 Å². The summed E-state index contributed by atoms with van der Waals surface area (Å²) in [6.07, 6.45) is 1.26. The summed E-state index contributed by atoms with van der Waals surface area (Å²) in [6.45, 7) is 1.95. The molecule has 1 aliphatic rings. The molecule has 0 atom stereocenters. The van der Waals surface area contributed by atoms with E-state index in [-0.39, 0.29) is 17.5 Å². The van der Waals surface area contributed by atoms with Crippen molar-refractivity contribution in [2.24, 2.45) is 0 Å². The van der Waals surface area contributed by atoms with Crippen LogP contribution >= 0.6 is 0 Å². The van der Waals surface area contributed by atoms with Gasteiger partial charge in [0.2, 0.25) is 0 Å². The first-order valence-electron chi connectivity index (χ1n) is 6.88. The monoisotopic (exact) mass is 293 g/mol. The number of amides is 2. The predicted molar refractivity (Wildman–Crippen MR) is 86.6 cm³/mol. The molecule has 0 spiro atoms. The molecule has 2 aromatic rings. The van der Waals surface area contributed by atoms with Crippen molar-refractivity contribution in [2.75, 3.05) is 16.0 Å². The summed E-state index contributed by atoms with van der Waals surface area (Å²) in [7, 11) is 0. The van der Waals surface area contributed by atoms with Crippen LogP contribution in [0.25, 0.3) is 0 Å². The molecule has 1 aliphatic heterocycles. The molecule has 2 amide bonds. The second kappa shape index (κ2) is 5.73. The van der Waals surface area contributed by atoms with Gasteiger partial charge < -0.3 is 16.0 Å². The van der Waals surface area contributed by atoms with Crippen LogP contribution < -0.4 is 16.0 Å². The number of carbonyl (C=O) groups is 2. The maximum atomic E-state index is 12.0. The molecule has 2 aromatic carbocycles. The van der Waals surface area contributed by atoms with Gasteiger partial charge in [-0.05, 0) is 36.8 Å². The van der Waals surface area contributed by atoms with Gasteiger partial charge in [-0.2, -0.15) is 0 Å². The van der Waals surface area contributed by atoms with Crippen LogP contribution in [-0.2, 0) is 9.59 Å². The van der Waals surface area contributed by atoms with Crippen molar-refractivity contribution in [3.63, 3.8) is 0 Å². The lowest BCUT2D eigenvalue weighted by Gasteiger charge is -2.20. The third-order valence-electron chi connectivity index (χ3n) is 3.25. The van der Waals surface area contributed by atoms with Crippen molar-refractivity contribution >= 4 is 28.9 Å². The molecule has 0 unspecified atom stereocenters. The quantitative estimate of drug-likeness (QED) is 0.746. The Balaban J connectivity index is 1.77. The van der Waals surface area contributed by atoms with Gasteiger partial charge >= 0.3 is 0 Å². The molecule has 3 N–H and O–H groups in total. The van der Waals surface area contributed by atoms with Crippen LogP contribution in [0.15, 0.2) is 60.3 Å². The van der Waals surface area contributed by atoms with Crippen LogP contribution in [0.2, 0.25) is 0 Å². The number of carbonyl (C=O) groups excluding carboxylic acids is 2. The lowest BCUT2D eigenvalue weighted by atomic mass is 10.2. The van der Waals surface area contributed by atoms with Crippen LogP contribution in [0.1, 0.15) is 5.56 Å². The number of anilines is 3. The lowest BCUT2D eigenvalue weighted by molar-refractivity contribution is -0.114. The molecule has 22 heavy (non-hydrogen) atoms. The maximum Gasteiger partial charge on any atom is 0.272 e. The zero-order chi connectivity index (χ0) is 15.5. The molecule has 1 heterocycles. The van der Waals surface area contributed by atoms with E-state index in [0.717, 1.165) is 11.3 Å². The van der Waals surface area contributed by atoms with Crippen molar-refractivity contribution in [1.29, 1.82) is 0 Å². The Kier molecular flexibility index (Phi) is 3.62. The minimum absolute atomic E-state index is 0.212. The lowest BCUT2D eigenvalue weighted by Crippen LogP contribution is -2.27. The Bertz CT molecular complexity index is 781. The summed E-state index contributed by atoms with van der Waals surface area (Å²) in [5.74, 6) is -0.694. The van der Waals surface area contributed by atoms with Crippen molar-refractivity contribution < 1.29 is 9.59 Å². The minimum Gasteiger partial charge on any atom is -0.349 e. The van der Waals surface area contributed by atoms with E-state index in [1.807, 2.05) is 43.3 Å². The summed E-state index contributed by atoms with van der Waals surface area (Å²) >= 11 is 0. The Morgan fingerprint density at radius 1 is 1.05 bits per heavy atom. The summed E-state index contributed by atoms with van der Waals surface area (Å²) in [5, 5.41) is 8.44. The number of fused-ring (bicyclic) bond motifs is 1. The van der Waals surface area contributed by atoms with E-state index in [1.54, 1.807) is 12.1 Å². The fraction of sp³-hybridized carbons (Fsp3) is 0.0588. The Labute approximate surface area is 128 Å². The van der Waals surface area contributed by atoms with Crippen molar-refractivity contribution in [3.8, 4) is 0 Å². The summed E-state index contributed by atoms with van der Waals surface area (Å²) in [5.41, 5.74) is 3.41. The molecule has 0 bridgehead atoms. The van der Waals surface area contributed by atoms with Gasteiger partial charge in [0.25, 0.3) is 11.8 Å². The van der Waals surface area contributed by atoms with Gasteiger partial charge in [0.05, 0.1) is 11.4 Å². The highest BCUT2D eigenvalue weighted by atomic mass is 16.2. The number of hydrogen-bond donors (Lipinski definition) is 3. The van der Waals surface area contributed by atoms with Crippen LogP contribution in [0.4, 0.5) is 17.1 Å². The number of rotatable bonds is 2. The molecular weight excluding hydrogens is 278 g/mol. The van der Waals surface area contributed by atoms with Crippen LogP contribution in [0.5, 0.6) is 0 Å². The van der Waals surface area contributed by atoms with E-state index in [0.29, 0.717) is 11.4 Å². The first-order valence-corrected chi connectivity index (χ1v) is 6.88. The van der Waals surface area contributed by atoms with E-state index >= 15 is 0 Å². The maximum absolute atomic E-state index is 12.0. The highest BCUT2D eigenvalue weighted by Gasteiger charge is 2.19. The summed E-state index contributed by atoms with van der Waals surface area (Å²) in [6, 6.07) is 14.8.